The Morgan fingerprint density at radius 2 is 2.00 bits per heavy atom. The lowest BCUT2D eigenvalue weighted by Gasteiger charge is -2.49. The number of β-lactam (4-membered cyclic amide) rings is 1. The number of aromatic hydroxyl groups is 1. The van der Waals surface area contributed by atoms with Crippen molar-refractivity contribution in [2.24, 2.45) is 5.16 Å². The van der Waals surface area contributed by atoms with E-state index in [1.807, 2.05) is 14.1 Å². The Balaban J connectivity index is 1.50. The van der Waals surface area contributed by atoms with E-state index in [4.69, 9.17) is 10.6 Å². The molecule has 44 heavy (non-hydrogen) atoms. The molecular formula is C26H32N7O9S2+. The molecule has 2 aromatic heterocycles. The standard InChI is InChI=1S/C26H31N7O9S2/c1-26(2,24(40)41)42-31-17(14-11-44-25(27)29-14)20(36)30-18-21(37)32-19(23(38)39)12(10-43-22(18)32)9-33(3,4)6-5-13-7-15(34)16(35)8-28-13/h7-8,11,18,22H,5-6,9-10H2,1-4H3,(H6-,27,28,29,30,31,34,35,36,38,39,40,41)/p+1/t18-,22+/m1/s1. The lowest BCUT2D eigenvalue weighted by atomic mass is 10.0. The summed E-state index contributed by atoms with van der Waals surface area (Å²) < 4.78 is 0.339. The zero-order chi connectivity index (χ0) is 32.6. The fourth-order valence-electron chi connectivity index (χ4n) is 4.48. The summed E-state index contributed by atoms with van der Waals surface area (Å²) in [5.41, 5.74) is 4.02. The van der Waals surface area contributed by atoms with Gasteiger partial charge in [-0.25, -0.2) is 14.6 Å². The summed E-state index contributed by atoms with van der Waals surface area (Å²) in [4.78, 5) is 75.2. The van der Waals surface area contributed by atoms with Gasteiger partial charge in [-0.3, -0.25) is 19.3 Å². The Morgan fingerprint density at radius 3 is 2.59 bits per heavy atom. The molecule has 4 heterocycles. The molecule has 7 N–H and O–H groups in total. The van der Waals surface area contributed by atoms with Gasteiger partial charge < -0.3 is 40.7 Å². The minimum Gasteiger partial charge on any atom is -0.503 e. The third-order valence-electron chi connectivity index (χ3n) is 6.95. The third kappa shape index (κ3) is 6.87. The Hall–Kier alpha value is -4.42. The maximum atomic E-state index is 13.3. The van der Waals surface area contributed by atoms with Gasteiger partial charge in [0.15, 0.2) is 16.6 Å². The number of fused-ring (bicyclic) bond motifs is 1. The van der Waals surface area contributed by atoms with Gasteiger partial charge >= 0.3 is 11.9 Å². The molecule has 2 aromatic rings. The maximum Gasteiger partial charge on any atom is 0.352 e. The van der Waals surface area contributed by atoms with Crippen LogP contribution in [-0.2, 0) is 30.4 Å². The number of anilines is 1. The number of aromatic nitrogens is 2. The molecule has 0 aliphatic carbocycles. The molecule has 0 bridgehead atoms. The predicted octanol–water partition coefficient (Wildman–Crippen LogP) is -0.239. The molecule has 1 fully saturated rings. The first-order valence-corrected chi connectivity index (χ1v) is 15.1. The topological polar surface area (TPSA) is 238 Å². The van der Waals surface area contributed by atoms with Crippen molar-refractivity contribution >= 4 is 57.7 Å². The van der Waals surface area contributed by atoms with Crippen LogP contribution in [0.5, 0.6) is 5.75 Å². The summed E-state index contributed by atoms with van der Waals surface area (Å²) in [5, 5.41) is 36.0. The first kappa shape index (κ1) is 32.5. The Kier molecular flexibility index (Phi) is 9.08. The number of carbonyl (C=O) groups excluding carboxylic acids is 2. The zero-order valence-corrected chi connectivity index (χ0v) is 25.8. The quantitative estimate of drug-likeness (QED) is 0.0755. The van der Waals surface area contributed by atoms with Crippen LogP contribution in [0.1, 0.15) is 25.2 Å². The lowest BCUT2D eigenvalue weighted by Crippen LogP contribution is -2.71. The van der Waals surface area contributed by atoms with Gasteiger partial charge in [0.25, 0.3) is 11.8 Å². The number of nitrogens with two attached hydrogens (primary N) is 1. The number of nitrogens with one attached hydrogen (secondary N) is 2. The van der Waals surface area contributed by atoms with E-state index in [1.165, 1.54) is 43.3 Å². The highest BCUT2D eigenvalue weighted by molar-refractivity contribution is 8.00. The molecular weight excluding hydrogens is 618 g/mol. The molecule has 0 spiro atoms. The van der Waals surface area contributed by atoms with E-state index in [-0.39, 0.29) is 28.0 Å². The predicted molar refractivity (Wildman–Crippen MR) is 160 cm³/mol. The molecule has 0 unspecified atom stereocenters. The average molecular weight is 651 g/mol. The number of quaternary nitrogens is 1. The fourth-order valence-corrected chi connectivity index (χ4v) is 6.37. The van der Waals surface area contributed by atoms with Crippen LogP contribution in [0, 0.1) is 0 Å². The van der Waals surface area contributed by atoms with Crippen molar-refractivity contribution in [3.05, 3.63) is 50.5 Å². The Morgan fingerprint density at radius 1 is 1.30 bits per heavy atom. The number of H-pyrrole nitrogens is 1. The molecule has 2 aliphatic heterocycles. The SMILES string of the molecule is CC(C)(ON=C(C(=O)N[C@@H]1C(=O)N2C(C(=O)O)=C(C[N+](C)(C)CCc3cc(=O)c(O)c[nH]3)CS[C@@H]12)c1csc(N)n1)C(=O)O. The number of thioether (sulfide) groups is 1. The van der Waals surface area contributed by atoms with Gasteiger partial charge in [0.2, 0.25) is 11.0 Å². The van der Waals surface area contributed by atoms with E-state index in [9.17, 15) is 39.3 Å². The lowest BCUT2D eigenvalue weighted by molar-refractivity contribution is -0.885. The molecule has 1 saturated heterocycles. The van der Waals surface area contributed by atoms with Crippen LogP contribution >= 0.6 is 23.1 Å². The van der Waals surface area contributed by atoms with Gasteiger partial charge in [0.1, 0.15) is 29.4 Å². The number of carboxylic acids is 2. The summed E-state index contributed by atoms with van der Waals surface area (Å²) in [6.07, 6.45) is 1.67. The molecule has 18 heteroatoms. The molecule has 4 rings (SSSR count). The molecule has 236 valence electrons. The largest absolute Gasteiger partial charge is 0.503 e. The highest BCUT2D eigenvalue weighted by atomic mass is 32.2. The van der Waals surface area contributed by atoms with Crippen molar-refractivity contribution in [2.45, 2.75) is 37.3 Å². The summed E-state index contributed by atoms with van der Waals surface area (Å²) in [5.74, 6) is -4.24. The van der Waals surface area contributed by atoms with Crippen LogP contribution in [0.2, 0.25) is 0 Å². The highest BCUT2D eigenvalue weighted by Gasteiger charge is 2.55. The number of nitrogens with zero attached hydrogens (tertiary/aromatic N) is 4. The number of aliphatic carboxylic acids is 2. The second kappa shape index (κ2) is 12.3. The number of nitrogen functional groups attached to an aromatic ring is 1. The normalized spacial score (nSPS) is 18.9. The summed E-state index contributed by atoms with van der Waals surface area (Å²) in [6, 6.07) is 0.218. The number of thiazole rings is 1. The number of aromatic amines is 1. The van der Waals surface area contributed by atoms with Crippen LogP contribution in [0.15, 0.2) is 38.9 Å². The molecule has 2 aliphatic rings. The first-order valence-electron chi connectivity index (χ1n) is 13.1. The highest BCUT2D eigenvalue weighted by Crippen LogP contribution is 2.41. The minimum atomic E-state index is -1.78. The van der Waals surface area contributed by atoms with Gasteiger partial charge in [-0.2, -0.15) is 0 Å². The molecule has 2 amide bonds. The van der Waals surface area contributed by atoms with E-state index < -0.39 is 51.9 Å². The van der Waals surface area contributed by atoms with Crippen molar-refractivity contribution in [2.75, 3.05) is 38.7 Å². The second-order valence-electron chi connectivity index (χ2n) is 11.3. The number of hydrogen-bond acceptors (Lipinski definition) is 12. The van der Waals surface area contributed by atoms with E-state index in [0.717, 1.165) is 16.2 Å². The van der Waals surface area contributed by atoms with Crippen molar-refractivity contribution in [1.82, 2.24) is 20.2 Å². The number of oxime groups is 1. The van der Waals surface area contributed by atoms with Gasteiger partial charge in [-0.05, 0) is 13.8 Å². The molecule has 0 saturated carbocycles. The van der Waals surface area contributed by atoms with E-state index in [1.54, 1.807) is 0 Å². The first-order chi connectivity index (χ1) is 20.5. The zero-order valence-electron chi connectivity index (χ0n) is 24.2. The van der Waals surface area contributed by atoms with Crippen LogP contribution in [0.3, 0.4) is 0 Å². The second-order valence-corrected chi connectivity index (χ2v) is 13.3. The summed E-state index contributed by atoms with van der Waals surface area (Å²) >= 11 is 2.30. The molecule has 2 atom stereocenters. The minimum absolute atomic E-state index is 0.0101. The van der Waals surface area contributed by atoms with Crippen LogP contribution in [0.25, 0.3) is 0 Å². The number of likely N-dealkylation sites (N-methyl/N-ethyl adjacent to an activating group) is 1. The van der Waals surface area contributed by atoms with Gasteiger partial charge in [0, 0.05) is 41.1 Å². The number of rotatable bonds is 12. The Bertz CT molecular complexity index is 1630. The number of carbonyl (C=O) groups is 4. The van der Waals surface area contributed by atoms with Crippen LogP contribution in [-0.4, -0.2) is 114 Å². The number of hydrogen-bond donors (Lipinski definition) is 6. The van der Waals surface area contributed by atoms with E-state index >= 15 is 0 Å². The number of pyridine rings is 1. The van der Waals surface area contributed by atoms with Crippen LogP contribution in [0.4, 0.5) is 5.13 Å². The smallest absolute Gasteiger partial charge is 0.352 e. The maximum absolute atomic E-state index is 13.3. The van der Waals surface area contributed by atoms with Gasteiger partial charge in [-0.15, -0.1) is 23.1 Å². The van der Waals surface area contributed by atoms with Gasteiger partial charge in [-0.1, -0.05) is 5.16 Å². The summed E-state index contributed by atoms with van der Waals surface area (Å²) in [6.45, 7) is 3.29. The monoisotopic (exact) mass is 650 g/mol. The van der Waals surface area contributed by atoms with Crippen molar-refractivity contribution in [3.63, 3.8) is 0 Å². The Labute approximate surface area is 258 Å². The molecule has 0 radical (unpaired) electrons. The van der Waals surface area contributed by atoms with Crippen molar-refractivity contribution in [3.8, 4) is 5.75 Å². The van der Waals surface area contributed by atoms with Crippen LogP contribution < -0.4 is 16.5 Å². The molecule has 0 aromatic carbocycles. The van der Waals surface area contributed by atoms with E-state index in [0.29, 0.717) is 35.3 Å². The number of carboxylic acid groups (broad SMARTS) is 2. The third-order valence-corrected chi connectivity index (χ3v) is 8.97. The summed E-state index contributed by atoms with van der Waals surface area (Å²) in [7, 11) is 3.78. The van der Waals surface area contributed by atoms with Gasteiger partial charge in [0.05, 0.1) is 20.6 Å². The fraction of sp³-hybridized carbons (Fsp3) is 0.423. The van der Waals surface area contributed by atoms with E-state index in [2.05, 4.69) is 20.4 Å². The molecule has 16 nitrogen and oxygen atoms in total. The van der Waals surface area contributed by atoms with Crippen molar-refractivity contribution < 1.29 is 43.8 Å². The van der Waals surface area contributed by atoms with Crippen molar-refractivity contribution in [1.29, 1.82) is 0 Å². The average Bonchev–Trinajstić information content (AvgIpc) is 3.37. The number of amides is 2.